The number of benzene rings is 4. The van der Waals surface area contributed by atoms with Crippen LogP contribution in [0.5, 0.6) is 0 Å². The number of anilines is 1. The van der Waals surface area contributed by atoms with Crippen molar-refractivity contribution in [1.29, 1.82) is 0 Å². The molecule has 9 heteroatoms. The zero-order valence-electron chi connectivity index (χ0n) is 26.9. The Morgan fingerprint density at radius 3 is 2.17 bits per heavy atom. The maximum Gasteiger partial charge on any atom is 0.264 e. The largest absolute Gasteiger partial charge is 0.354 e. The predicted octanol–water partition coefficient (Wildman–Crippen LogP) is 7.02. The van der Waals surface area contributed by atoms with Crippen LogP contribution in [0.2, 0.25) is 5.02 Å². The van der Waals surface area contributed by atoms with E-state index in [1.54, 1.807) is 54.6 Å². The molecular formula is C37H42ClN3O4S. The minimum absolute atomic E-state index is 0.0590. The Balaban J connectivity index is 1.81. The molecule has 0 radical (unpaired) electrons. The molecule has 0 unspecified atom stereocenters. The van der Waals surface area contributed by atoms with E-state index in [0.29, 0.717) is 17.3 Å². The van der Waals surface area contributed by atoms with E-state index < -0.39 is 28.5 Å². The second-order valence-electron chi connectivity index (χ2n) is 11.6. The lowest BCUT2D eigenvalue weighted by molar-refractivity contribution is -0.140. The van der Waals surface area contributed by atoms with Crippen LogP contribution in [0.1, 0.15) is 47.6 Å². The van der Waals surface area contributed by atoms with Crippen molar-refractivity contribution in [3.8, 4) is 0 Å². The molecule has 242 valence electrons. The molecule has 0 heterocycles. The summed E-state index contributed by atoms with van der Waals surface area (Å²) in [5.74, 6) is -0.813. The minimum atomic E-state index is -4.17. The number of nitrogens with zero attached hydrogens (tertiary/aromatic N) is 2. The second kappa shape index (κ2) is 15.9. The van der Waals surface area contributed by atoms with E-state index in [-0.39, 0.29) is 23.8 Å². The van der Waals surface area contributed by atoms with Gasteiger partial charge in [-0.05, 0) is 85.8 Å². The molecule has 0 aliphatic carbocycles. The summed E-state index contributed by atoms with van der Waals surface area (Å²) in [6, 6.07) is 27.6. The van der Waals surface area contributed by atoms with E-state index >= 15 is 0 Å². The van der Waals surface area contributed by atoms with Crippen molar-refractivity contribution in [2.45, 2.75) is 64.4 Å². The standard InChI is InChI=1S/C37H42ClN3O4S/c1-5-6-21-39-37(43)35(24-30-11-8-7-9-12-30)40(25-31-13-10-14-32(38)23-31)36(42)26-41(33-18-17-28(3)29(4)22-33)46(44,45)34-19-15-27(2)16-20-34/h7-20,22-23,35H,5-6,21,24-26H2,1-4H3,(H,39,43)/t35-/m1/s1. The molecule has 0 aliphatic heterocycles. The Kier molecular flexibility index (Phi) is 12.0. The van der Waals surface area contributed by atoms with Crippen molar-refractivity contribution in [3.63, 3.8) is 0 Å². The highest BCUT2D eigenvalue weighted by Crippen LogP contribution is 2.27. The van der Waals surface area contributed by atoms with Crippen LogP contribution < -0.4 is 9.62 Å². The van der Waals surface area contributed by atoms with E-state index in [4.69, 9.17) is 11.6 Å². The van der Waals surface area contributed by atoms with Gasteiger partial charge in [0, 0.05) is 24.5 Å². The molecule has 4 aromatic carbocycles. The molecule has 0 spiro atoms. The Bertz CT molecular complexity index is 1740. The molecule has 4 rings (SSSR count). The average Bonchev–Trinajstić information content (AvgIpc) is 3.03. The first-order valence-corrected chi connectivity index (χ1v) is 17.3. The topological polar surface area (TPSA) is 86.8 Å². The molecule has 1 atom stereocenters. The number of nitrogens with one attached hydrogen (secondary N) is 1. The molecule has 1 N–H and O–H groups in total. The monoisotopic (exact) mass is 659 g/mol. The first kappa shape index (κ1) is 34.7. The van der Waals surface area contributed by atoms with Gasteiger partial charge in [0.25, 0.3) is 10.0 Å². The highest BCUT2D eigenvalue weighted by Gasteiger charge is 2.34. The zero-order valence-corrected chi connectivity index (χ0v) is 28.4. The van der Waals surface area contributed by atoms with Crippen molar-refractivity contribution in [2.24, 2.45) is 0 Å². The zero-order chi connectivity index (χ0) is 33.3. The number of carbonyl (C=O) groups is 2. The third-order valence-corrected chi connectivity index (χ3v) is 10.0. The smallest absolute Gasteiger partial charge is 0.264 e. The lowest BCUT2D eigenvalue weighted by atomic mass is 10.0. The van der Waals surface area contributed by atoms with Crippen molar-refractivity contribution in [2.75, 3.05) is 17.4 Å². The third kappa shape index (κ3) is 8.98. The third-order valence-electron chi connectivity index (χ3n) is 8.01. The summed E-state index contributed by atoms with van der Waals surface area (Å²) in [6.07, 6.45) is 1.94. The molecule has 2 amide bonds. The van der Waals surface area contributed by atoms with Gasteiger partial charge in [0.05, 0.1) is 10.6 Å². The lowest BCUT2D eigenvalue weighted by Crippen LogP contribution is -2.53. The molecular weight excluding hydrogens is 618 g/mol. The van der Waals surface area contributed by atoms with Crippen LogP contribution >= 0.6 is 11.6 Å². The number of aryl methyl sites for hydroxylation is 3. The summed E-state index contributed by atoms with van der Waals surface area (Å²) in [5.41, 5.74) is 4.77. The molecule has 7 nitrogen and oxygen atoms in total. The average molecular weight is 660 g/mol. The van der Waals surface area contributed by atoms with Crippen LogP contribution in [0.4, 0.5) is 5.69 Å². The van der Waals surface area contributed by atoms with Crippen molar-refractivity contribution in [1.82, 2.24) is 10.2 Å². The van der Waals surface area contributed by atoms with E-state index in [1.165, 1.54) is 4.90 Å². The molecule has 4 aromatic rings. The fourth-order valence-corrected chi connectivity index (χ4v) is 6.76. The normalized spacial score (nSPS) is 11.9. The Labute approximate surface area is 278 Å². The lowest BCUT2D eigenvalue weighted by Gasteiger charge is -2.34. The number of hydrogen-bond donors (Lipinski definition) is 1. The number of unbranched alkanes of at least 4 members (excludes halogenated alkanes) is 1. The van der Waals surface area contributed by atoms with Gasteiger partial charge in [0.15, 0.2) is 0 Å². The predicted molar refractivity (Wildman–Crippen MR) is 185 cm³/mol. The fraction of sp³-hybridized carbons (Fsp3) is 0.297. The van der Waals surface area contributed by atoms with Gasteiger partial charge in [-0.2, -0.15) is 0 Å². The van der Waals surface area contributed by atoms with Gasteiger partial charge in [-0.25, -0.2) is 8.42 Å². The summed E-state index contributed by atoms with van der Waals surface area (Å²) in [6.45, 7) is 7.79. The molecule has 0 saturated heterocycles. The summed E-state index contributed by atoms with van der Waals surface area (Å²) < 4.78 is 29.6. The van der Waals surface area contributed by atoms with Gasteiger partial charge < -0.3 is 10.2 Å². The summed E-state index contributed by atoms with van der Waals surface area (Å²) in [4.78, 5) is 30.0. The van der Waals surface area contributed by atoms with E-state index in [0.717, 1.165) is 45.0 Å². The van der Waals surface area contributed by atoms with E-state index in [1.807, 2.05) is 70.2 Å². The van der Waals surface area contributed by atoms with Crippen molar-refractivity contribution < 1.29 is 18.0 Å². The van der Waals surface area contributed by atoms with Crippen LogP contribution in [0.3, 0.4) is 0 Å². The van der Waals surface area contributed by atoms with Gasteiger partial charge in [0.1, 0.15) is 12.6 Å². The highest BCUT2D eigenvalue weighted by atomic mass is 35.5. The Hall–Kier alpha value is -4.14. The summed E-state index contributed by atoms with van der Waals surface area (Å²) in [7, 11) is -4.17. The molecule has 46 heavy (non-hydrogen) atoms. The molecule has 0 fully saturated rings. The van der Waals surface area contributed by atoms with E-state index in [9.17, 15) is 18.0 Å². The van der Waals surface area contributed by atoms with Gasteiger partial charge in [-0.1, -0.05) is 91.2 Å². The number of halogens is 1. The van der Waals surface area contributed by atoms with Crippen LogP contribution in [-0.2, 0) is 32.6 Å². The van der Waals surface area contributed by atoms with Crippen molar-refractivity contribution >= 4 is 39.1 Å². The molecule has 0 saturated carbocycles. The molecule has 0 aromatic heterocycles. The van der Waals surface area contributed by atoms with Gasteiger partial charge in [-0.3, -0.25) is 13.9 Å². The Morgan fingerprint density at radius 1 is 0.826 bits per heavy atom. The second-order valence-corrected chi connectivity index (χ2v) is 13.9. The molecule has 0 aliphatic rings. The van der Waals surface area contributed by atoms with Gasteiger partial charge >= 0.3 is 0 Å². The maximum atomic E-state index is 14.6. The Morgan fingerprint density at radius 2 is 1.52 bits per heavy atom. The first-order chi connectivity index (χ1) is 22.0. The summed E-state index contributed by atoms with van der Waals surface area (Å²) in [5, 5.41) is 3.50. The maximum absolute atomic E-state index is 14.6. The molecule has 0 bridgehead atoms. The van der Waals surface area contributed by atoms with Crippen molar-refractivity contribution in [3.05, 3.63) is 130 Å². The number of rotatable bonds is 14. The van der Waals surface area contributed by atoms with Gasteiger partial charge in [-0.15, -0.1) is 0 Å². The summed E-state index contributed by atoms with van der Waals surface area (Å²) >= 11 is 6.32. The SMILES string of the molecule is CCCCNC(=O)[C@@H](Cc1ccccc1)N(Cc1cccc(Cl)c1)C(=O)CN(c1ccc(C)c(C)c1)S(=O)(=O)c1ccc(C)cc1. The minimum Gasteiger partial charge on any atom is -0.354 e. The van der Waals surface area contributed by atoms with Crippen LogP contribution in [0.25, 0.3) is 0 Å². The van der Waals surface area contributed by atoms with Crippen LogP contribution in [0, 0.1) is 20.8 Å². The fourth-order valence-electron chi connectivity index (χ4n) is 5.14. The quantitative estimate of drug-likeness (QED) is 0.148. The number of sulfonamides is 1. The first-order valence-electron chi connectivity index (χ1n) is 15.5. The number of amides is 2. The van der Waals surface area contributed by atoms with Gasteiger partial charge in [0.2, 0.25) is 11.8 Å². The van der Waals surface area contributed by atoms with Crippen LogP contribution in [0.15, 0.2) is 102 Å². The number of hydrogen-bond acceptors (Lipinski definition) is 4. The van der Waals surface area contributed by atoms with E-state index in [2.05, 4.69) is 5.32 Å². The number of carbonyl (C=O) groups excluding carboxylic acids is 2. The highest BCUT2D eigenvalue weighted by molar-refractivity contribution is 7.92. The van der Waals surface area contributed by atoms with Crippen LogP contribution in [-0.4, -0.2) is 44.3 Å².